The second-order valence-corrected chi connectivity index (χ2v) is 4.70. The lowest BCUT2D eigenvalue weighted by molar-refractivity contribution is -0.125. The Bertz CT molecular complexity index is 438. The highest BCUT2D eigenvalue weighted by atomic mass is 16.2. The molecule has 2 rings (SSSR count). The predicted molar refractivity (Wildman–Crippen MR) is 69.1 cm³/mol. The lowest BCUT2D eigenvalue weighted by atomic mass is 9.81. The van der Waals surface area contributed by atoms with Gasteiger partial charge in [0, 0.05) is 12.7 Å². The van der Waals surface area contributed by atoms with Gasteiger partial charge in [0.25, 0.3) is 0 Å². The van der Waals surface area contributed by atoms with E-state index < -0.39 is 0 Å². The van der Waals surface area contributed by atoms with E-state index in [2.05, 4.69) is 29.5 Å². The van der Waals surface area contributed by atoms with Crippen molar-refractivity contribution in [2.45, 2.75) is 33.6 Å². The first kappa shape index (κ1) is 11.9. The van der Waals surface area contributed by atoms with Gasteiger partial charge in [-0.3, -0.25) is 4.79 Å². The SMILES string of the molecule is CCC1(CC)CNc2ncc(C)cc2NC1=O. The second kappa shape index (κ2) is 4.35. The molecule has 0 saturated carbocycles. The van der Waals surface area contributed by atoms with Crippen LogP contribution in [0, 0.1) is 12.3 Å². The lowest BCUT2D eigenvalue weighted by Crippen LogP contribution is -2.39. The van der Waals surface area contributed by atoms with Crippen LogP contribution in [0.3, 0.4) is 0 Å². The minimum atomic E-state index is -0.325. The Balaban J connectivity index is 2.37. The maximum atomic E-state index is 12.3. The molecule has 2 N–H and O–H groups in total. The Labute approximate surface area is 102 Å². The molecular weight excluding hydrogens is 214 g/mol. The highest BCUT2D eigenvalue weighted by molar-refractivity contribution is 5.99. The molecule has 1 aromatic rings. The molecule has 0 fully saturated rings. The van der Waals surface area contributed by atoms with Gasteiger partial charge in [-0.2, -0.15) is 0 Å². The summed E-state index contributed by atoms with van der Waals surface area (Å²) >= 11 is 0. The van der Waals surface area contributed by atoms with E-state index in [9.17, 15) is 4.79 Å². The molecule has 0 aliphatic carbocycles. The number of pyridine rings is 1. The predicted octanol–water partition coefficient (Wildman–Crippen LogP) is 2.56. The van der Waals surface area contributed by atoms with Crippen molar-refractivity contribution in [3.63, 3.8) is 0 Å². The Morgan fingerprint density at radius 3 is 2.76 bits per heavy atom. The van der Waals surface area contributed by atoms with Crippen LogP contribution in [-0.4, -0.2) is 17.4 Å². The fourth-order valence-electron chi connectivity index (χ4n) is 2.21. The number of anilines is 2. The Kier molecular flexibility index (Phi) is 3.05. The molecule has 4 nitrogen and oxygen atoms in total. The topological polar surface area (TPSA) is 54.0 Å². The fraction of sp³-hybridized carbons (Fsp3) is 0.538. The van der Waals surface area contributed by atoms with Crippen molar-refractivity contribution in [3.8, 4) is 0 Å². The van der Waals surface area contributed by atoms with Gasteiger partial charge in [0.15, 0.2) is 0 Å². The number of amides is 1. The smallest absolute Gasteiger partial charge is 0.232 e. The summed E-state index contributed by atoms with van der Waals surface area (Å²) < 4.78 is 0. The number of nitrogens with zero attached hydrogens (tertiary/aromatic N) is 1. The van der Waals surface area contributed by atoms with Crippen LogP contribution in [0.25, 0.3) is 0 Å². The van der Waals surface area contributed by atoms with Crippen molar-refractivity contribution >= 4 is 17.4 Å². The molecule has 92 valence electrons. The van der Waals surface area contributed by atoms with Crippen molar-refractivity contribution in [3.05, 3.63) is 17.8 Å². The van der Waals surface area contributed by atoms with Crippen LogP contribution in [0.2, 0.25) is 0 Å². The van der Waals surface area contributed by atoms with E-state index in [1.165, 1.54) is 0 Å². The molecule has 2 heterocycles. The van der Waals surface area contributed by atoms with Gasteiger partial charge in [-0.15, -0.1) is 0 Å². The summed E-state index contributed by atoms with van der Waals surface area (Å²) in [7, 11) is 0. The van der Waals surface area contributed by atoms with Crippen LogP contribution in [-0.2, 0) is 4.79 Å². The number of hydrogen-bond acceptors (Lipinski definition) is 3. The molecule has 0 saturated heterocycles. The maximum Gasteiger partial charge on any atom is 0.232 e. The number of fused-ring (bicyclic) bond motifs is 1. The van der Waals surface area contributed by atoms with Gasteiger partial charge in [0.1, 0.15) is 5.82 Å². The summed E-state index contributed by atoms with van der Waals surface area (Å²) in [6.07, 6.45) is 3.47. The first-order valence-electron chi connectivity index (χ1n) is 6.13. The fourth-order valence-corrected chi connectivity index (χ4v) is 2.21. The van der Waals surface area contributed by atoms with Crippen LogP contribution in [0.5, 0.6) is 0 Å². The zero-order valence-corrected chi connectivity index (χ0v) is 10.6. The van der Waals surface area contributed by atoms with Crippen molar-refractivity contribution in [1.29, 1.82) is 0 Å². The minimum Gasteiger partial charge on any atom is -0.367 e. The van der Waals surface area contributed by atoms with Crippen molar-refractivity contribution in [1.82, 2.24) is 4.98 Å². The highest BCUT2D eigenvalue weighted by Crippen LogP contribution is 2.33. The standard InChI is InChI=1S/C13H19N3O/c1-4-13(5-2)8-15-11-10(16-12(13)17)6-9(3)7-14-11/h6-7H,4-5,8H2,1-3H3,(H,14,15)(H,16,17). The average molecular weight is 233 g/mol. The first-order chi connectivity index (χ1) is 8.11. The van der Waals surface area contributed by atoms with Gasteiger partial charge in [0.2, 0.25) is 5.91 Å². The van der Waals surface area contributed by atoms with Crippen LogP contribution < -0.4 is 10.6 Å². The number of rotatable bonds is 2. The van der Waals surface area contributed by atoms with Gasteiger partial charge in [-0.1, -0.05) is 13.8 Å². The first-order valence-corrected chi connectivity index (χ1v) is 6.13. The molecule has 0 bridgehead atoms. The van der Waals surface area contributed by atoms with E-state index >= 15 is 0 Å². The highest BCUT2D eigenvalue weighted by Gasteiger charge is 2.37. The molecule has 1 amide bonds. The van der Waals surface area contributed by atoms with Crippen LogP contribution >= 0.6 is 0 Å². The molecule has 0 aromatic carbocycles. The molecule has 0 atom stereocenters. The molecule has 17 heavy (non-hydrogen) atoms. The zero-order chi connectivity index (χ0) is 12.5. The molecule has 1 aliphatic rings. The number of carbonyl (C=O) groups excluding carboxylic acids is 1. The van der Waals surface area contributed by atoms with Crippen LogP contribution in [0.1, 0.15) is 32.3 Å². The molecule has 4 heteroatoms. The van der Waals surface area contributed by atoms with Gasteiger partial charge in [-0.25, -0.2) is 4.98 Å². The quantitative estimate of drug-likeness (QED) is 0.825. The van der Waals surface area contributed by atoms with Crippen molar-refractivity contribution in [2.24, 2.45) is 5.41 Å². The van der Waals surface area contributed by atoms with E-state index in [-0.39, 0.29) is 11.3 Å². The van der Waals surface area contributed by atoms with E-state index in [0.29, 0.717) is 6.54 Å². The van der Waals surface area contributed by atoms with E-state index in [1.807, 2.05) is 19.2 Å². The monoisotopic (exact) mass is 233 g/mol. The molecular formula is C13H19N3O. The minimum absolute atomic E-state index is 0.0983. The number of aryl methyl sites for hydroxylation is 1. The summed E-state index contributed by atoms with van der Waals surface area (Å²) in [5.41, 5.74) is 1.51. The second-order valence-electron chi connectivity index (χ2n) is 4.70. The third-order valence-electron chi connectivity index (χ3n) is 3.70. The van der Waals surface area contributed by atoms with Crippen molar-refractivity contribution < 1.29 is 4.79 Å². The molecule has 0 spiro atoms. The van der Waals surface area contributed by atoms with Gasteiger partial charge < -0.3 is 10.6 Å². The van der Waals surface area contributed by atoms with E-state index in [4.69, 9.17) is 0 Å². The summed E-state index contributed by atoms with van der Waals surface area (Å²) in [5.74, 6) is 0.869. The molecule has 1 aliphatic heterocycles. The van der Waals surface area contributed by atoms with Gasteiger partial charge >= 0.3 is 0 Å². The van der Waals surface area contributed by atoms with Crippen molar-refractivity contribution in [2.75, 3.05) is 17.2 Å². The lowest BCUT2D eigenvalue weighted by Gasteiger charge is -2.27. The van der Waals surface area contributed by atoms with Crippen LogP contribution in [0.4, 0.5) is 11.5 Å². The Morgan fingerprint density at radius 1 is 1.41 bits per heavy atom. The van der Waals surface area contributed by atoms with E-state index in [1.54, 1.807) is 0 Å². The van der Waals surface area contributed by atoms with E-state index in [0.717, 1.165) is 29.9 Å². The van der Waals surface area contributed by atoms with Gasteiger partial charge in [-0.05, 0) is 31.4 Å². The number of hydrogen-bond donors (Lipinski definition) is 2. The molecule has 0 unspecified atom stereocenters. The number of aromatic nitrogens is 1. The Morgan fingerprint density at radius 2 is 2.12 bits per heavy atom. The normalized spacial score (nSPS) is 17.7. The van der Waals surface area contributed by atoms with Gasteiger partial charge in [0.05, 0.1) is 11.1 Å². The summed E-state index contributed by atoms with van der Waals surface area (Å²) in [6, 6.07) is 1.95. The Hall–Kier alpha value is -1.58. The molecule has 1 aromatic heterocycles. The summed E-state index contributed by atoms with van der Waals surface area (Å²) in [4.78, 5) is 16.6. The number of carbonyl (C=O) groups is 1. The molecule has 0 radical (unpaired) electrons. The third kappa shape index (κ3) is 1.99. The maximum absolute atomic E-state index is 12.3. The van der Waals surface area contributed by atoms with Crippen LogP contribution in [0.15, 0.2) is 12.3 Å². The summed E-state index contributed by atoms with van der Waals surface area (Å²) in [6.45, 7) is 6.73. The average Bonchev–Trinajstić information content (AvgIpc) is 2.45. The number of nitrogens with one attached hydrogen (secondary N) is 2. The zero-order valence-electron chi connectivity index (χ0n) is 10.6. The largest absolute Gasteiger partial charge is 0.367 e. The summed E-state index contributed by atoms with van der Waals surface area (Å²) in [5, 5.41) is 6.27. The third-order valence-corrected chi connectivity index (χ3v) is 3.70.